The predicted molar refractivity (Wildman–Crippen MR) is 99.7 cm³/mol. The van der Waals surface area contributed by atoms with Crippen molar-refractivity contribution < 1.29 is 23.8 Å². The van der Waals surface area contributed by atoms with Crippen molar-refractivity contribution in [2.24, 2.45) is 0 Å². The van der Waals surface area contributed by atoms with Gasteiger partial charge in [0.05, 0.1) is 25.3 Å². The minimum Gasteiger partial charge on any atom is -0.445 e. The molecule has 27 heavy (non-hydrogen) atoms. The third-order valence-corrected chi connectivity index (χ3v) is 4.79. The highest BCUT2D eigenvalue weighted by molar-refractivity contribution is 6.30. The second-order valence-electron chi connectivity index (χ2n) is 7.72. The van der Waals surface area contributed by atoms with Crippen molar-refractivity contribution in [1.82, 2.24) is 9.80 Å². The molecule has 3 rings (SSSR count). The zero-order valence-corrected chi connectivity index (χ0v) is 16.6. The number of rotatable bonds is 2. The lowest BCUT2D eigenvalue weighted by Gasteiger charge is -2.42. The third-order valence-electron chi connectivity index (χ3n) is 4.54. The first-order valence-corrected chi connectivity index (χ1v) is 9.37. The number of fused-ring (bicyclic) bond motifs is 1. The standard InChI is InChI=1S/C19H25ClN2O5/c1-19(2,3)27-18(24)22-9-8-21(15-11-25-12-16(15)22)17(23)26-10-13-4-6-14(20)7-5-13/h4-7,15-16H,8-12H2,1-3H3/t15-,16+/m1/s1. The first kappa shape index (κ1) is 19.8. The molecule has 1 aromatic rings. The molecular formula is C19H25ClN2O5. The molecule has 2 fully saturated rings. The first-order chi connectivity index (χ1) is 12.7. The first-order valence-electron chi connectivity index (χ1n) is 9.00. The topological polar surface area (TPSA) is 68.3 Å². The number of carbonyl (C=O) groups is 2. The Balaban J connectivity index is 1.60. The van der Waals surface area contributed by atoms with Crippen molar-refractivity contribution in [1.29, 1.82) is 0 Å². The molecule has 0 radical (unpaired) electrons. The van der Waals surface area contributed by atoms with Gasteiger partial charge in [-0.3, -0.25) is 9.80 Å². The zero-order valence-electron chi connectivity index (χ0n) is 15.8. The summed E-state index contributed by atoms with van der Waals surface area (Å²) in [5.41, 5.74) is 0.292. The number of carbonyl (C=O) groups excluding carboxylic acids is 2. The van der Waals surface area contributed by atoms with E-state index in [0.29, 0.717) is 31.3 Å². The summed E-state index contributed by atoms with van der Waals surface area (Å²) in [6.45, 7) is 7.18. The number of hydrogen-bond donors (Lipinski definition) is 0. The molecule has 8 heteroatoms. The Morgan fingerprint density at radius 1 is 1.07 bits per heavy atom. The summed E-state index contributed by atoms with van der Waals surface area (Å²) >= 11 is 5.86. The minimum atomic E-state index is -0.569. The molecule has 2 saturated heterocycles. The normalized spacial score (nSPS) is 22.4. The number of piperazine rings is 1. The van der Waals surface area contributed by atoms with Crippen LogP contribution in [0.25, 0.3) is 0 Å². The van der Waals surface area contributed by atoms with E-state index >= 15 is 0 Å². The van der Waals surface area contributed by atoms with Crippen LogP contribution in [0, 0.1) is 0 Å². The fourth-order valence-corrected chi connectivity index (χ4v) is 3.38. The van der Waals surface area contributed by atoms with Crippen molar-refractivity contribution in [3.63, 3.8) is 0 Å². The SMILES string of the molecule is CC(C)(C)OC(=O)N1CCN(C(=O)OCc2ccc(Cl)cc2)[C@@H]2COC[C@@H]21. The molecule has 0 aromatic heterocycles. The van der Waals surface area contributed by atoms with Gasteiger partial charge in [-0.2, -0.15) is 0 Å². The van der Waals surface area contributed by atoms with Crippen LogP contribution >= 0.6 is 11.6 Å². The van der Waals surface area contributed by atoms with Crippen molar-refractivity contribution in [3.05, 3.63) is 34.9 Å². The van der Waals surface area contributed by atoms with Crippen LogP contribution in [0.1, 0.15) is 26.3 Å². The van der Waals surface area contributed by atoms with E-state index in [1.807, 2.05) is 32.9 Å². The van der Waals surface area contributed by atoms with Gasteiger partial charge in [-0.15, -0.1) is 0 Å². The Morgan fingerprint density at radius 2 is 1.63 bits per heavy atom. The zero-order chi connectivity index (χ0) is 19.6. The highest BCUT2D eigenvalue weighted by atomic mass is 35.5. The number of hydrogen-bond acceptors (Lipinski definition) is 5. The van der Waals surface area contributed by atoms with E-state index in [2.05, 4.69) is 0 Å². The summed E-state index contributed by atoms with van der Waals surface area (Å²) in [6, 6.07) is 6.69. The van der Waals surface area contributed by atoms with Gasteiger partial charge in [-0.1, -0.05) is 23.7 Å². The molecule has 2 heterocycles. The molecule has 0 saturated carbocycles. The van der Waals surface area contributed by atoms with Crippen LogP contribution in [0.4, 0.5) is 9.59 Å². The van der Waals surface area contributed by atoms with Crippen molar-refractivity contribution in [2.75, 3.05) is 26.3 Å². The number of halogens is 1. The molecule has 0 spiro atoms. The Bertz CT molecular complexity index is 688. The average Bonchev–Trinajstić information content (AvgIpc) is 3.08. The molecule has 0 aliphatic carbocycles. The molecule has 2 amide bonds. The number of amides is 2. The van der Waals surface area contributed by atoms with E-state index < -0.39 is 11.7 Å². The van der Waals surface area contributed by atoms with Crippen molar-refractivity contribution >= 4 is 23.8 Å². The molecule has 148 valence electrons. The van der Waals surface area contributed by atoms with Gasteiger partial charge in [0.15, 0.2) is 0 Å². The minimum absolute atomic E-state index is 0.167. The van der Waals surface area contributed by atoms with Crippen LogP contribution in [0.5, 0.6) is 0 Å². The van der Waals surface area contributed by atoms with Crippen molar-refractivity contribution in [3.8, 4) is 0 Å². The molecule has 0 unspecified atom stereocenters. The highest BCUT2D eigenvalue weighted by Gasteiger charge is 2.46. The lowest BCUT2D eigenvalue weighted by molar-refractivity contribution is -0.0109. The number of ether oxygens (including phenoxy) is 3. The summed E-state index contributed by atoms with van der Waals surface area (Å²) < 4.78 is 16.5. The molecule has 2 atom stereocenters. The predicted octanol–water partition coefficient (Wildman–Crippen LogP) is 3.30. The van der Waals surface area contributed by atoms with E-state index in [0.717, 1.165) is 5.56 Å². The summed E-state index contributed by atoms with van der Waals surface area (Å²) in [5, 5.41) is 0.634. The quantitative estimate of drug-likeness (QED) is 0.767. The van der Waals surface area contributed by atoms with Crippen LogP contribution in [0.3, 0.4) is 0 Å². The van der Waals surface area contributed by atoms with Crippen LogP contribution < -0.4 is 0 Å². The largest absolute Gasteiger partial charge is 0.445 e. The maximum atomic E-state index is 12.6. The Kier molecular flexibility index (Phi) is 5.81. The van der Waals surface area contributed by atoms with Crippen LogP contribution in [-0.4, -0.2) is 66.0 Å². The van der Waals surface area contributed by atoms with Gasteiger partial charge in [0.25, 0.3) is 0 Å². The Labute approximate surface area is 164 Å². The van der Waals surface area contributed by atoms with Gasteiger partial charge in [0.1, 0.15) is 12.2 Å². The van der Waals surface area contributed by atoms with E-state index in [1.54, 1.807) is 21.9 Å². The highest BCUT2D eigenvalue weighted by Crippen LogP contribution is 2.26. The third kappa shape index (κ3) is 4.84. The summed E-state index contributed by atoms with van der Waals surface area (Å²) in [6.07, 6.45) is -0.786. The fraction of sp³-hybridized carbons (Fsp3) is 0.579. The molecule has 7 nitrogen and oxygen atoms in total. The number of benzene rings is 1. The monoisotopic (exact) mass is 396 g/mol. The summed E-state index contributed by atoms with van der Waals surface area (Å²) in [7, 11) is 0. The molecule has 2 aliphatic rings. The average molecular weight is 397 g/mol. The summed E-state index contributed by atoms with van der Waals surface area (Å²) in [5.74, 6) is 0. The Morgan fingerprint density at radius 3 is 2.19 bits per heavy atom. The van der Waals surface area contributed by atoms with Crippen LogP contribution in [0.15, 0.2) is 24.3 Å². The van der Waals surface area contributed by atoms with Gasteiger partial charge in [0.2, 0.25) is 0 Å². The lowest BCUT2D eigenvalue weighted by atomic mass is 10.1. The molecule has 1 aromatic carbocycles. The van der Waals surface area contributed by atoms with Crippen LogP contribution in [-0.2, 0) is 20.8 Å². The van der Waals surface area contributed by atoms with Crippen molar-refractivity contribution in [2.45, 2.75) is 45.1 Å². The second-order valence-corrected chi connectivity index (χ2v) is 8.16. The maximum absolute atomic E-state index is 12.6. The molecular weight excluding hydrogens is 372 g/mol. The lowest BCUT2D eigenvalue weighted by Crippen LogP contribution is -2.62. The summed E-state index contributed by atoms with van der Waals surface area (Å²) in [4.78, 5) is 28.4. The number of nitrogens with zero attached hydrogens (tertiary/aromatic N) is 2. The van der Waals surface area contributed by atoms with E-state index in [-0.39, 0.29) is 24.8 Å². The van der Waals surface area contributed by atoms with E-state index in [1.165, 1.54) is 0 Å². The Hall–Kier alpha value is -1.99. The maximum Gasteiger partial charge on any atom is 0.410 e. The second kappa shape index (κ2) is 7.94. The van der Waals surface area contributed by atoms with Gasteiger partial charge in [-0.05, 0) is 38.5 Å². The van der Waals surface area contributed by atoms with Gasteiger partial charge in [0, 0.05) is 18.1 Å². The molecule has 2 aliphatic heterocycles. The van der Waals surface area contributed by atoms with Crippen LogP contribution in [0.2, 0.25) is 5.02 Å². The molecule has 0 N–H and O–H groups in total. The fourth-order valence-electron chi connectivity index (χ4n) is 3.26. The molecule has 0 bridgehead atoms. The van der Waals surface area contributed by atoms with Gasteiger partial charge in [-0.25, -0.2) is 9.59 Å². The smallest absolute Gasteiger partial charge is 0.410 e. The van der Waals surface area contributed by atoms with Gasteiger partial charge < -0.3 is 14.2 Å². The van der Waals surface area contributed by atoms with E-state index in [9.17, 15) is 9.59 Å². The van der Waals surface area contributed by atoms with Gasteiger partial charge >= 0.3 is 12.2 Å². The van der Waals surface area contributed by atoms with E-state index in [4.69, 9.17) is 25.8 Å².